The van der Waals surface area contributed by atoms with E-state index in [4.69, 9.17) is 4.74 Å². The second kappa shape index (κ2) is 11.0. The van der Waals surface area contributed by atoms with E-state index in [2.05, 4.69) is 28.0 Å². The Kier molecular flexibility index (Phi) is 8.00. The molecule has 0 amide bonds. The minimum absolute atomic E-state index is 0.0557. The highest BCUT2D eigenvalue weighted by Gasteiger charge is 2.39. The Hall–Kier alpha value is -2.60. The third kappa shape index (κ3) is 6.35. The fraction of sp³-hybridized carbons (Fsp3) is 0.519. The minimum atomic E-state index is -4.42. The Morgan fingerprint density at radius 2 is 1.71 bits per heavy atom. The Bertz CT molecular complexity index is 993. The first kappa shape index (κ1) is 25.5. The van der Waals surface area contributed by atoms with E-state index in [0.29, 0.717) is 12.6 Å². The number of piperazine rings is 1. The zero-order valence-corrected chi connectivity index (χ0v) is 19.8. The quantitative estimate of drug-likeness (QED) is 0.625. The number of halogens is 3. The molecule has 1 saturated carbocycles. The second-order valence-corrected chi connectivity index (χ2v) is 9.62. The summed E-state index contributed by atoms with van der Waals surface area (Å²) in [6.07, 6.45) is -1.49. The molecular weight excluding hydrogens is 455 g/mol. The number of nitrogens with zero attached hydrogens (tertiary/aromatic N) is 3. The maximum atomic E-state index is 12.8. The molecule has 5 nitrogen and oxygen atoms in total. The van der Waals surface area contributed by atoms with Crippen molar-refractivity contribution in [1.82, 2.24) is 9.80 Å². The Morgan fingerprint density at radius 1 is 1.03 bits per heavy atom. The monoisotopic (exact) mass is 487 g/mol. The van der Waals surface area contributed by atoms with Crippen LogP contribution in [0.3, 0.4) is 0 Å². The molecule has 1 N–H and O–H groups in total. The maximum absolute atomic E-state index is 12.8. The number of β-amino-alcohol motifs (C(OH)–C–C–N with tert-alkyl or cyclic N) is 1. The predicted octanol–water partition coefficient (Wildman–Crippen LogP) is 4.47. The summed E-state index contributed by atoms with van der Waals surface area (Å²) in [4.78, 5) is 4.66. The molecule has 1 aliphatic heterocycles. The van der Waals surface area contributed by atoms with E-state index in [0.717, 1.165) is 69.6 Å². The molecule has 0 spiro atoms. The third-order valence-electron chi connectivity index (χ3n) is 7.35. The lowest BCUT2D eigenvalue weighted by Gasteiger charge is -2.44. The standard InChI is InChI=1S/C27H32F3N3O2/c28-27(29,30)22-7-4-8-25(17-22)35-19-24(34)18-32-13-15-33(16-14-32)23-9-11-26(20-31,12-10-23)21-5-2-1-3-6-21/h1-8,17,23-24,34H,9-16,18-19H2. The smallest absolute Gasteiger partial charge is 0.416 e. The van der Waals surface area contributed by atoms with Crippen molar-refractivity contribution in [2.75, 3.05) is 39.3 Å². The molecule has 188 valence electrons. The van der Waals surface area contributed by atoms with Crippen molar-refractivity contribution in [2.45, 2.75) is 49.4 Å². The van der Waals surface area contributed by atoms with Gasteiger partial charge in [-0.3, -0.25) is 9.80 Å². The highest BCUT2D eigenvalue weighted by molar-refractivity contribution is 5.33. The average Bonchev–Trinajstić information content (AvgIpc) is 2.88. The number of ether oxygens (including phenoxy) is 1. The van der Waals surface area contributed by atoms with E-state index in [1.807, 2.05) is 18.2 Å². The van der Waals surface area contributed by atoms with Gasteiger partial charge in [-0.05, 0) is 49.4 Å². The van der Waals surface area contributed by atoms with Crippen LogP contribution in [0.15, 0.2) is 54.6 Å². The number of rotatable bonds is 7. The molecule has 1 atom stereocenters. The molecule has 1 saturated heterocycles. The van der Waals surface area contributed by atoms with Crippen molar-refractivity contribution < 1.29 is 23.0 Å². The largest absolute Gasteiger partial charge is 0.491 e. The number of nitriles is 1. The normalized spacial score (nSPS) is 25.1. The topological polar surface area (TPSA) is 59.7 Å². The van der Waals surface area contributed by atoms with Crippen LogP contribution in [0, 0.1) is 11.3 Å². The van der Waals surface area contributed by atoms with E-state index in [-0.39, 0.29) is 17.8 Å². The summed E-state index contributed by atoms with van der Waals surface area (Å²) >= 11 is 0. The van der Waals surface area contributed by atoms with E-state index in [9.17, 15) is 23.5 Å². The number of hydrogen-bond acceptors (Lipinski definition) is 5. The van der Waals surface area contributed by atoms with Gasteiger partial charge in [0.15, 0.2) is 0 Å². The van der Waals surface area contributed by atoms with E-state index in [1.54, 1.807) is 0 Å². The van der Waals surface area contributed by atoms with Gasteiger partial charge in [0.1, 0.15) is 18.5 Å². The first-order valence-electron chi connectivity index (χ1n) is 12.2. The zero-order chi connectivity index (χ0) is 24.9. The second-order valence-electron chi connectivity index (χ2n) is 9.62. The number of benzene rings is 2. The molecule has 0 bridgehead atoms. The molecule has 0 aromatic heterocycles. The number of aliphatic hydroxyl groups excluding tert-OH is 1. The van der Waals surface area contributed by atoms with E-state index in [1.165, 1.54) is 12.1 Å². The Morgan fingerprint density at radius 3 is 2.34 bits per heavy atom. The van der Waals surface area contributed by atoms with Gasteiger partial charge in [0, 0.05) is 38.8 Å². The van der Waals surface area contributed by atoms with Crippen LogP contribution in [0.5, 0.6) is 5.75 Å². The third-order valence-corrected chi connectivity index (χ3v) is 7.35. The first-order chi connectivity index (χ1) is 16.8. The van der Waals surface area contributed by atoms with Crippen LogP contribution >= 0.6 is 0 Å². The molecule has 2 aromatic rings. The van der Waals surface area contributed by atoms with Gasteiger partial charge in [0.05, 0.1) is 17.0 Å². The highest BCUT2D eigenvalue weighted by Crippen LogP contribution is 2.40. The molecule has 2 aliphatic rings. The Labute approximate surface area is 204 Å². The molecule has 2 fully saturated rings. The lowest BCUT2D eigenvalue weighted by Crippen LogP contribution is -2.53. The minimum Gasteiger partial charge on any atom is -0.491 e. The van der Waals surface area contributed by atoms with Gasteiger partial charge < -0.3 is 9.84 Å². The van der Waals surface area contributed by atoms with Crippen LogP contribution in [0.2, 0.25) is 0 Å². The SMILES string of the molecule is N#CC1(c2ccccc2)CCC(N2CCN(CC(O)COc3cccc(C(F)(F)F)c3)CC2)CC1. The Balaban J connectivity index is 1.20. The van der Waals surface area contributed by atoms with Crippen molar-refractivity contribution in [3.05, 3.63) is 65.7 Å². The maximum Gasteiger partial charge on any atom is 0.416 e. The lowest BCUT2D eigenvalue weighted by molar-refractivity contribution is -0.137. The lowest BCUT2D eigenvalue weighted by atomic mass is 9.69. The van der Waals surface area contributed by atoms with Crippen LogP contribution in [-0.4, -0.2) is 66.4 Å². The highest BCUT2D eigenvalue weighted by atomic mass is 19.4. The van der Waals surface area contributed by atoms with E-state index < -0.39 is 17.8 Å². The summed E-state index contributed by atoms with van der Waals surface area (Å²) in [7, 11) is 0. The summed E-state index contributed by atoms with van der Waals surface area (Å²) in [6.45, 7) is 3.80. The van der Waals surface area contributed by atoms with Gasteiger partial charge in [-0.2, -0.15) is 18.4 Å². The number of alkyl halides is 3. The van der Waals surface area contributed by atoms with Gasteiger partial charge in [0.25, 0.3) is 0 Å². The predicted molar refractivity (Wildman–Crippen MR) is 127 cm³/mol. The van der Waals surface area contributed by atoms with Gasteiger partial charge in [-0.1, -0.05) is 36.4 Å². The van der Waals surface area contributed by atoms with Crippen LogP contribution in [-0.2, 0) is 11.6 Å². The summed E-state index contributed by atoms with van der Waals surface area (Å²) in [5, 5.41) is 20.3. The molecular formula is C27H32F3N3O2. The molecule has 1 heterocycles. The molecule has 2 aromatic carbocycles. The van der Waals surface area contributed by atoms with Crippen molar-refractivity contribution >= 4 is 0 Å². The molecule has 35 heavy (non-hydrogen) atoms. The molecule has 1 unspecified atom stereocenters. The van der Waals surface area contributed by atoms with Crippen LogP contribution in [0.1, 0.15) is 36.8 Å². The van der Waals surface area contributed by atoms with Crippen molar-refractivity contribution in [1.29, 1.82) is 5.26 Å². The van der Waals surface area contributed by atoms with Crippen molar-refractivity contribution in [3.8, 4) is 11.8 Å². The van der Waals surface area contributed by atoms with Gasteiger partial charge in [0.2, 0.25) is 0 Å². The summed E-state index contributed by atoms with van der Waals surface area (Å²) < 4.78 is 44.0. The van der Waals surface area contributed by atoms with Crippen LogP contribution in [0.25, 0.3) is 0 Å². The van der Waals surface area contributed by atoms with Gasteiger partial charge in [-0.15, -0.1) is 0 Å². The molecule has 4 rings (SSSR count). The van der Waals surface area contributed by atoms with E-state index >= 15 is 0 Å². The summed E-state index contributed by atoms with van der Waals surface area (Å²) in [5.41, 5.74) is -0.0326. The van der Waals surface area contributed by atoms with Gasteiger partial charge >= 0.3 is 6.18 Å². The fourth-order valence-corrected chi connectivity index (χ4v) is 5.30. The number of hydrogen-bond donors (Lipinski definition) is 1. The summed E-state index contributed by atoms with van der Waals surface area (Å²) in [5.74, 6) is 0.102. The number of aliphatic hydroxyl groups is 1. The molecule has 8 heteroatoms. The van der Waals surface area contributed by atoms with Gasteiger partial charge in [-0.25, -0.2) is 0 Å². The van der Waals surface area contributed by atoms with Crippen molar-refractivity contribution in [2.24, 2.45) is 0 Å². The average molecular weight is 488 g/mol. The first-order valence-corrected chi connectivity index (χ1v) is 12.2. The zero-order valence-electron chi connectivity index (χ0n) is 19.8. The molecule has 1 aliphatic carbocycles. The van der Waals surface area contributed by atoms with Crippen LogP contribution < -0.4 is 4.74 Å². The molecule has 0 radical (unpaired) electrons. The van der Waals surface area contributed by atoms with Crippen LogP contribution in [0.4, 0.5) is 13.2 Å². The fourth-order valence-electron chi connectivity index (χ4n) is 5.30. The van der Waals surface area contributed by atoms with Crippen molar-refractivity contribution in [3.63, 3.8) is 0 Å². The summed E-state index contributed by atoms with van der Waals surface area (Å²) in [6, 6.07) is 17.9.